The van der Waals surface area contributed by atoms with Gasteiger partial charge in [0.05, 0.1) is 5.25 Å². The van der Waals surface area contributed by atoms with Crippen molar-refractivity contribution in [3.05, 3.63) is 29.8 Å². The molecule has 0 radical (unpaired) electrons. The van der Waals surface area contributed by atoms with E-state index < -0.39 is 6.80 Å². The fourth-order valence-electron chi connectivity index (χ4n) is 1.38. The number of nitrogens with one attached hydrogen (secondary N) is 1. The lowest BCUT2D eigenvalue weighted by Crippen LogP contribution is -2.19. The monoisotopic (exact) mass is 295 g/mol. The van der Waals surface area contributed by atoms with Gasteiger partial charge in [0, 0.05) is 6.54 Å². The highest BCUT2D eigenvalue weighted by Crippen LogP contribution is 2.57. The van der Waals surface area contributed by atoms with E-state index in [1.165, 1.54) is 12.1 Å². The molecule has 6 N–H and O–H groups in total. The van der Waals surface area contributed by atoms with E-state index in [0.29, 0.717) is 23.5 Å². The highest BCUT2D eigenvalue weighted by molar-refractivity contribution is 8.54. The highest BCUT2D eigenvalue weighted by Gasteiger charge is 2.23. The van der Waals surface area contributed by atoms with E-state index in [2.05, 4.69) is 5.32 Å². The second-order valence-corrected chi connectivity index (χ2v) is 7.31. The first-order valence-corrected chi connectivity index (χ1v) is 8.25. The Kier molecular flexibility index (Phi) is 7.54. The second-order valence-electron chi connectivity index (χ2n) is 3.49. The first-order chi connectivity index (χ1) is 7.92. The zero-order valence-corrected chi connectivity index (χ0v) is 11.6. The fourth-order valence-corrected chi connectivity index (χ4v) is 3.76. The third-order valence-electron chi connectivity index (χ3n) is 2.09. The molecular formula is C10H18NO5PS. The van der Waals surface area contributed by atoms with Gasteiger partial charge in [-0.15, -0.1) is 0 Å². The predicted molar refractivity (Wildman–Crippen MR) is 72.6 cm³/mol. The molecule has 0 heterocycles. The number of hydrogen-bond donors (Lipinski definition) is 4. The van der Waals surface area contributed by atoms with E-state index in [4.69, 9.17) is 9.79 Å². The Hall–Kier alpha value is -0.560. The fraction of sp³-hybridized carbons (Fsp3) is 0.400. The van der Waals surface area contributed by atoms with Crippen molar-refractivity contribution in [2.24, 2.45) is 0 Å². The molecule has 18 heavy (non-hydrogen) atoms. The van der Waals surface area contributed by atoms with Crippen LogP contribution < -0.4 is 5.32 Å². The zero-order valence-electron chi connectivity index (χ0n) is 9.91. The summed E-state index contributed by atoms with van der Waals surface area (Å²) in [7, 11) is 0. The van der Waals surface area contributed by atoms with E-state index in [-0.39, 0.29) is 16.5 Å². The van der Waals surface area contributed by atoms with E-state index in [1.54, 1.807) is 12.1 Å². The van der Waals surface area contributed by atoms with Gasteiger partial charge in [0.15, 0.2) is 0 Å². The summed E-state index contributed by atoms with van der Waals surface area (Å²) in [5, 5.41) is 12.0. The third-order valence-corrected chi connectivity index (χ3v) is 4.64. The minimum absolute atomic E-state index is 0. The molecule has 1 unspecified atom stereocenters. The van der Waals surface area contributed by atoms with E-state index >= 15 is 0 Å². The van der Waals surface area contributed by atoms with Crippen LogP contribution in [0.2, 0.25) is 0 Å². The normalized spacial score (nSPS) is 12.8. The molecule has 0 amide bonds. The molecule has 6 nitrogen and oxygen atoms in total. The van der Waals surface area contributed by atoms with Crippen molar-refractivity contribution in [3.63, 3.8) is 0 Å². The number of likely N-dealkylation sites (N-methyl/N-ethyl adjacent to an activating group) is 1. The summed E-state index contributed by atoms with van der Waals surface area (Å²) in [6.45, 7) is -1.07. The maximum atomic E-state index is 11.0. The molecule has 1 atom stereocenters. The lowest BCUT2D eigenvalue weighted by molar-refractivity contribution is 0.396. The van der Waals surface area contributed by atoms with Crippen LogP contribution in [0.15, 0.2) is 24.3 Å². The standard InChI is InChI=1S/C10H16NO4PS.H2O/c1-2-11-7-10(17-16(13,14)15)8-4-3-5-9(12)6-8;/h3-6,10-12H,2,7H2,1H3,(H2,13,14,15);1H2. The Morgan fingerprint density at radius 2 is 2.11 bits per heavy atom. The van der Waals surface area contributed by atoms with Gasteiger partial charge >= 0.3 is 6.80 Å². The van der Waals surface area contributed by atoms with Crippen molar-refractivity contribution in [2.75, 3.05) is 13.1 Å². The van der Waals surface area contributed by atoms with Gasteiger partial charge in [-0.2, -0.15) is 0 Å². The molecule has 0 aliphatic carbocycles. The van der Waals surface area contributed by atoms with Crippen LogP contribution in [0.1, 0.15) is 17.7 Å². The van der Waals surface area contributed by atoms with Crippen molar-refractivity contribution in [3.8, 4) is 5.75 Å². The number of benzene rings is 1. The Morgan fingerprint density at radius 3 is 2.61 bits per heavy atom. The van der Waals surface area contributed by atoms with Crippen LogP contribution in [0, 0.1) is 0 Å². The van der Waals surface area contributed by atoms with Crippen molar-refractivity contribution in [2.45, 2.75) is 12.2 Å². The summed E-state index contributed by atoms with van der Waals surface area (Å²) in [4.78, 5) is 18.0. The SMILES string of the molecule is CCNCC(SP(=O)(O)O)c1cccc(O)c1.O. The second kappa shape index (κ2) is 7.78. The van der Waals surface area contributed by atoms with E-state index in [0.717, 1.165) is 6.54 Å². The minimum atomic E-state index is -4.15. The van der Waals surface area contributed by atoms with Gasteiger partial charge in [-0.3, -0.25) is 0 Å². The quantitative estimate of drug-likeness (QED) is 0.582. The first-order valence-electron chi connectivity index (χ1n) is 5.16. The summed E-state index contributed by atoms with van der Waals surface area (Å²) >= 11 is 0.597. The molecule has 0 fully saturated rings. The summed E-state index contributed by atoms with van der Waals surface area (Å²) < 4.78 is 11.0. The molecule has 1 rings (SSSR count). The molecule has 104 valence electrons. The molecule has 0 aromatic heterocycles. The van der Waals surface area contributed by atoms with Crippen LogP contribution >= 0.6 is 18.2 Å². The van der Waals surface area contributed by atoms with Gasteiger partial charge in [-0.05, 0) is 35.6 Å². The number of aromatic hydroxyl groups is 1. The summed E-state index contributed by atoms with van der Waals surface area (Å²) in [6.07, 6.45) is 0. The maximum absolute atomic E-state index is 11.0. The summed E-state index contributed by atoms with van der Waals surface area (Å²) in [5.74, 6) is 0.0929. The molecule has 0 saturated carbocycles. The Balaban J connectivity index is 0.00000289. The van der Waals surface area contributed by atoms with Crippen molar-refractivity contribution < 1.29 is 24.9 Å². The van der Waals surface area contributed by atoms with Gasteiger partial charge in [0.2, 0.25) is 0 Å². The summed E-state index contributed by atoms with van der Waals surface area (Å²) in [6, 6.07) is 6.44. The maximum Gasteiger partial charge on any atom is 0.384 e. The van der Waals surface area contributed by atoms with Gasteiger partial charge < -0.3 is 25.7 Å². The topological polar surface area (TPSA) is 121 Å². The van der Waals surface area contributed by atoms with Gasteiger partial charge in [0.25, 0.3) is 0 Å². The Bertz CT molecular complexity index is 411. The lowest BCUT2D eigenvalue weighted by atomic mass is 10.1. The van der Waals surface area contributed by atoms with Crippen LogP contribution in [-0.4, -0.2) is 33.5 Å². The molecule has 8 heteroatoms. The first kappa shape index (κ1) is 17.4. The van der Waals surface area contributed by atoms with E-state index in [9.17, 15) is 9.67 Å². The minimum Gasteiger partial charge on any atom is -0.508 e. The van der Waals surface area contributed by atoms with Crippen molar-refractivity contribution in [1.29, 1.82) is 0 Å². The molecule has 0 aliphatic rings. The smallest absolute Gasteiger partial charge is 0.384 e. The Labute approximate surface area is 110 Å². The van der Waals surface area contributed by atoms with Gasteiger partial charge in [-0.25, -0.2) is 4.57 Å². The molecule has 0 spiro atoms. The van der Waals surface area contributed by atoms with Crippen molar-refractivity contribution in [1.82, 2.24) is 5.32 Å². The molecule has 1 aromatic rings. The number of phenolic OH excluding ortho intramolecular Hbond substituents is 1. The average Bonchev–Trinajstić information content (AvgIpc) is 2.22. The number of hydrogen-bond acceptors (Lipinski definition) is 4. The summed E-state index contributed by atoms with van der Waals surface area (Å²) in [5.41, 5.74) is 0.694. The van der Waals surface area contributed by atoms with Crippen LogP contribution in [0.3, 0.4) is 0 Å². The Morgan fingerprint density at radius 1 is 1.44 bits per heavy atom. The molecule has 0 bridgehead atoms. The molecule has 0 aliphatic heterocycles. The van der Waals surface area contributed by atoms with Gasteiger partial charge in [-0.1, -0.05) is 19.1 Å². The number of rotatable bonds is 6. The molecular weight excluding hydrogens is 277 g/mol. The third kappa shape index (κ3) is 6.39. The lowest BCUT2D eigenvalue weighted by Gasteiger charge is -2.17. The molecule has 0 saturated heterocycles. The van der Waals surface area contributed by atoms with Crippen LogP contribution in [0.4, 0.5) is 0 Å². The van der Waals surface area contributed by atoms with E-state index in [1.807, 2.05) is 6.92 Å². The zero-order chi connectivity index (χ0) is 12.9. The predicted octanol–water partition coefficient (Wildman–Crippen LogP) is 1.04. The molecule has 1 aromatic carbocycles. The van der Waals surface area contributed by atoms with Gasteiger partial charge in [0.1, 0.15) is 5.75 Å². The average molecular weight is 295 g/mol. The van der Waals surface area contributed by atoms with Crippen LogP contribution in [0.25, 0.3) is 0 Å². The highest BCUT2D eigenvalue weighted by atomic mass is 32.7. The van der Waals surface area contributed by atoms with Crippen LogP contribution in [0.5, 0.6) is 5.75 Å². The van der Waals surface area contributed by atoms with Crippen molar-refractivity contribution >= 4 is 18.2 Å². The van der Waals surface area contributed by atoms with Crippen LogP contribution in [-0.2, 0) is 4.57 Å². The number of phenols is 1. The largest absolute Gasteiger partial charge is 0.508 e.